The molecule has 6 nitrogen and oxygen atoms in total. The molecule has 2 rings (SSSR count). The highest BCUT2D eigenvalue weighted by Crippen LogP contribution is 2.17. The first-order valence-electron chi connectivity index (χ1n) is 7.97. The average Bonchev–Trinajstić information content (AvgIpc) is 2.49. The zero-order valence-electron chi connectivity index (χ0n) is 13.1. The van der Waals surface area contributed by atoms with Crippen molar-refractivity contribution in [1.29, 1.82) is 0 Å². The van der Waals surface area contributed by atoms with Crippen LogP contribution < -0.4 is 10.6 Å². The summed E-state index contributed by atoms with van der Waals surface area (Å²) in [7, 11) is 0. The van der Waals surface area contributed by atoms with Crippen LogP contribution in [-0.4, -0.2) is 61.6 Å². The molecule has 2 aliphatic rings. The topological polar surface area (TPSA) is 70.7 Å². The number of amides is 2. The van der Waals surface area contributed by atoms with E-state index in [4.69, 9.17) is 4.74 Å². The molecule has 2 aliphatic heterocycles. The van der Waals surface area contributed by atoms with Crippen LogP contribution in [0.4, 0.5) is 0 Å². The summed E-state index contributed by atoms with van der Waals surface area (Å²) in [6.07, 6.45) is 2.78. The molecule has 6 heteroatoms. The Hall–Kier alpha value is -1.14. The highest BCUT2D eigenvalue weighted by Gasteiger charge is 2.27. The van der Waals surface area contributed by atoms with E-state index in [1.165, 1.54) is 6.42 Å². The molecule has 0 aliphatic carbocycles. The molecule has 2 amide bonds. The van der Waals surface area contributed by atoms with E-state index >= 15 is 0 Å². The van der Waals surface area contributed by atoms with Gasteiger partial charge in [-0.2, -0.15) is 0 Å². The fraction of sp³-hybridized carbons (Fsp3) is 0.867. The van der Waals surface area contributed by atoms with Gasteiger partial charge in [0.15, 0.2) is 0 Å². The average molecular weight is 297 g/mol. The van der Waals surface area contributed by atoms with E-state index in [9.17, 15) is 9.59 Å². The van der Waals surface area contributed by atoms with Gasteiger partial charge in [0, 0.05) is 25.6 Å². The van der Waals surface area contributed by atoms with Gasteiger partial charge >= 0.3 is 0 Å². The monoisotopic (exact) mass is 297 g/mol. The maximum absolute atomic E-state index is 12.2. The lowest BCUT2D eigenvalue weighted by atomic mass is 9.90. The fourth-order valence-corrected chi connectivity index (χ4v) is 3.01. The quantitative estimate of drug-likeness (QED) is 0.774. The van der Waals surface area contributed by atoms with Gasteiger partial charge in [0.25, 0.3) is 0 Å². The summed E-state index contributed by atoms with van der Waals surface area (Å²) in [5, 5.41) is 6.23. The number of piperidine rings is 1. The molecule has 3 atom stereocenters. The molecular formula is C15H27N3O3. The second-order valence-electron chi connectivity index (χ2n) is 6.11. The number of morpholine rings is 1. The third-order valence-corrected chi connectivity index (χ3v) is 4.41. The summed E-state index contributed by atoms with van der Waals surface area (Å²) in [5.41, 5.74) is 0. The second kappa shape index (κ2) is 7.75. The molecule has 3 unspecified atom stereocenters. The lowest BCUT2D eigenvalue weighted by Gasteiger charge is -2.31. The number of hydrogen-bond donors (Lipinski definition) is 2. The number of ether oxygens (including phenoxy) is 1. The first-order valence-corrected chi connectivity index (χ1v) is 7.97. The van der Waals surface area contributed by atoms with Crippen molar-refractivity contribution in [2.45, 2.75) is 45.2 Å². The normalized spacial score (nSPS) is 28.0. The Morgan fingerprint density at radius 2 is 2.10 bits per heavy atom. The van der Waals surface area contributed by atoms with Crippen molar-refractivity contribution < 1.29 is 14.3 Å². The molecule has 0 aromatic heterocycles. The molecule has 120 valence electrons. The van der Waals surface area contributed by atoms with Crippen LogP contribution in [0.15, 0.2) is 0 Å². The molecule has 2 N–H and O–H groups in total. The number of nitrogens with one attached hydrogen (secondary N) is 2. The smallest absolute Gasteiger partial charge is 0.245 e. The molecule has 0 radical (unpaired) electrons. The highest BCUT2D eigenvalue weighted by atomic mass is 16.5. The van der Waals surface area contributed by atoms with Crippen molar-refractivity contribution in [2.75, 3.05) is 32.8 Å². The lowest BCUT2D eigenvalue weighted by molar-refractivity contribution is -0.139. The van der Waals surface area contributed by atoms with Crippen molar-refractivity contribution in [2.24, 2.45) is 5.92 Å². The summed E-state index contributed by atoms with van der Waals surface area (Å²) < 4.78 is 5.23. The maximum atomic E-state index is 12.2. The molecule has 2 fully saturated rings. The van der Waals surface area contributed by atoms with Gasteiger partial charge in [-0.3, -0.25) is 9.59 Å². The summed E-state index contributed by atoms with van der Waals surface area (Å²) in [6, 6.07) is -0.237. The highest BCUT2D eigenvalue weighted by molar-refractivity contribution is 5.87. The molecule has 0 bridgehead atoms. The minimum absolute atomic E-state index is 0.0173. The van der Waals surface area contributed by atoms with Crippen molar-refractivity contribution in [3.8, 4) is 0 Å². The minimum atomic E-state index is -0.463. The molecule has 0 aromatic rings. The van der Waals surface area contributed by atoms with Crippen molar-refractivity contribution in [3.63, 3.8) is 0 Å². The third kappa shape index (κ3) is 4.68. The zero-order chi connectivity index (χ0) is 15.2. The Morgan fingerprint density at radius 3 is 2.76 bits per heavy atom. The molecular weight excluding hydrogens is 270 g/mol. The number of carbonyl (C=O) groups excluding carboxylic acids is 2. The van der Waals surface area contributed by atoms with Crippen LogP contribution in [0.2, 0.25) is 0 Å². The van der Waals surface area contributed by atoms with Crippen LogP contribution in [-0.2, 0) is 14.3 Å². The van der Waals surface area contributed by atoms with Crippen LogP contribution in [0.1, 0.15) is 33.1 Å². The predicted octanol–water partition coefficient (Wildman–Crippen LogP) is 0.128. The van der Waals surface area contributed by atoms with Crippen LogP contribution in [0.5, 0.6) is 0 Å². The van der Waals surface area contributed by atoms with E-state index in [1.807, 2.05) is 0 Å². The Kier molecular flexibility index (Phi) is 5.99. The molecule has 0 spiro atoms. The maximum Gasteiger partial charge on any atom is 0.245 e. The molecule has 2 heterocycles. The van der Waals surface area contributed by atoms with Crippen LogP contribution in [0, 0.1) is 5.92 Å². The van der Waals surface area contributed by atoms with Gasteiger partial charge < -0.3 is 20.3 Å². The third-order valence-electron chi connectivity index (χ3n) is 4.41. The number of hydrogen-bond acceptors (Lipinski definition) is 4. The van der Waals surface area contributed by atoms with Crippen molar-refractivity contribution >= 4 is 11.8 Å². The predicted molar refractivity (Wildman–Crippen MR) is 79.8 cm³/mol. The zero-order valence-corrected chi connectivity index (χ0v) is 13.1. The summed E-state index contributed by atoms with van der Waals surface area (Å²) in [4.78, 5) is 26.1. The van der Waals surface area contributed by atoms with Gasteiger partial charge in [-0.05, 0) is 32.2 Å². The van der Waals surface area contributed by atoms with E-state index in [2.05, 4.69) is 17.6 Å². The van der Waals surface area contributed by atoms with E-state index in [-0.39, 0.29) is 17.9 Å². The number of rotatable bonds is 4. The number of nitrogens with zero attached hydrogens (tertiary/aromatic N) is 1. The Morgan fingerprint density at radius 1 is 1.38 bits per heavy atom. The summed E-state index contributed by atoms with van der Waals surface area (Å²) >= 11 is 0. The van der Waals surface area contributed by atoms with Gasteiger partial charge in [0.2, 0.25) is 11.8 Å². The summed E-state index contributed by atoms with van der Waals surface area (Å²) in [5.74, 6) is 0.446. The molecule has 0 saturated carbocycles. The second-order valence-corrected chi connectivity index (χ2v) is 6.11. The van der Waals surface area contributed by atoms with E-state index < -0.39 is 6.04 Å². The Labute approximate surface area is 126 Å². The van der Waals surface area contributed by atoms with Crippen molar-refractivity contribution in [1.82, 2.24) is 15.5 Å². The SMILES string of the molecule is CC(NC(=O)CC1NCCCC1C)C(=O)N1CCOCC1. The Bertz CT molecular complexity index is 369. The largest absolute Gasteiger partial charge is 0.378 e. The van der Waals surface area contributed by atoms with Gasteiger partial charge in [0.1, 0.15) is 6.04 Å². The van der Waals surface area contributed by atoms with Gasteiger partial charge in [0.05, 0.1) is 13.2 Å². The van der Waals surface area contributed by atoms with Gasteiger partial charge in [-0.25, -0.2) is 0 Å². The van der Waals surface area contributed by atoms with E-state index in [0.717, 1.165) is 13.0 Å². The van der Waals surface area contributed by atoms with Crippen LogP contribution in [0.3, 0.4) is 0 Å². The Balaban J connectivity index is 1.76. The fourth-order valence-electron chi connectivity index (χ4n) is 3.01. The van der Waals surface area contributed by atoms with E-state index in [0.29, 0.717) is 38.6 Å². The minimum Gasteiger partial charge on any atom is -0.378 e. The molecule has 21 heavy (non-hydrogen) atoms. The van der Waals surface area contributed by atoms with Crippen LogP contribution >= 0.6 is 0 Å². The van der Waals surface area contributed by atoms with Crippen LogP contribution in [0.25, 0.3) is 0 Å². The van der Waals surface area contributed by atoms with Crippen molar-refractivity contribution in [3.05, 3.63) is 0 Å². The van der Waals surface area contributed by atoms with E-state index in [1.54, 1.807) is 11.8 Å². The standard InChI is InChI=1S/C15H27N3O3/c1-11-4-3-5-16-13(11)10-14(19)17-12(2)15(20)18-6-8-21-9-7-18/h11-13,16H,3-10H2,1-2H3,(H,17,19). The first kappa shape index (κ1) is 16.2. The van der Waals surface area contributed by atoms with Gasteiger partial charge in [-0.1, -0.05) is 6.92 Å². The lowest BCUT2D eigenvalue weighted by Crippen LogP contribution is -2.51. The van der Waals surface area contributed by atoms with Gasteiger partial charge in [-0.15, -0.1) is 0 Å². The number of carbonyl (C=O) groups is 2. The first-order chi connectivity index (χ1) is 10.1. The molecule has 0 aromatic carbocycles. The summed E-state index contributed by atoms with van der Waals surface area (Å²) in [6.45, 7) is 7.29. The molecule has 2 saturated heterocycles.